The van der Waals surface area contributed by atoms with E-state index in [0.29, 0.717) is 12.5 Å². The molecule has 110 valence electrons. The van der Waals surface area contributed by atoms with E-state index in [1.54, 1.807) is 0 Å². The Hall–Kier alpha value is -0.610. The van der Waals surface area contributed by atoms with Crippen LogP contribution in [0, 0.1) is 5.92 Å². The summed E-state index contributed by atoms with van der Waals surface area (Å²) < 4.78 is 0. The molecule has 2 heterocycles. The molecule has 2 aliphatic heterocycles. The zero-order valence-corrected chi connectivity index (χ0v) is 12.4. The number of amides is 1. The van der Waals surface area contributed by atoms with E-state index in [0.717, 1.165) is 45.2 Å². The second-order valence-corrected chi connectivity index (χ2v) is 5.99. The van der Waals surface area contributed by atoms with Crippen molar-refractivity contribution in [3.63, 3.8) is 0 Å². The van der Waals surface area contributed by atoms with E-state index in [2.05, 4.69) is 22.0 Å². The van der Waals surface area contributed by atoms with E-state index in [-0.39, 0.29) is 0 Å². The average Bonchev–Trinajstić information content (AvgIpc) is 2.46. The fourth-order valence-electron chi connectivity index (χ4n) is 3.24. The van der Waals surface area contributed by atoms with Gasteiger partial charge in [0.2, 0.25) is 5.91 Å². The van der Waals surface area contributed by atoms with Gasteiger partial charge < -0.3 is 10.2 Å². The van der Waals surface area contributed by atoms with E-state index in [9.17, 15) is 4.79 Å². The molecular formula is C15H29N3O. The van der Waals surface area contributed by atoms with Crippen molar-refractivity contribution in [1.29, 1.82) is 0 Å². The van der Waals surface area contributed by atoms with Crippen molar-refractivity contribution in [1.82, 2.24) is 15.1 Å². The molecule has 19 heavy (non-hydrogen) atoms. The van der Waals surface area contributed by atoms with Gasteiger partial charge in [0.05, 0.1) is 6.54 Å². The van der Waals surface area contributed by atoms with E-state index < -0.39 is 0 Å². The highest BCUT2D eigenvalue weighted by Gasteiger charge is 2.24. The molecule has 0 aliphatic carbocycles. The van der Waals surface area contributed by atoms with Crippen LogP contribution < -0.4 is 5.32 Å². The first-order chi connectivity index (χ1) is 9.29. The van der Waals surface area contributed by atoms with Crippen molar-refractivity contribution in [3.05, 3.63) is 0 Å². The normalized spacial score (nSPS) is 25.5. The number of carbonyl (C=O) groups excluding carboxylic acids is 1. The third-order valence-electron chi connectivity index (χ3n) is 4.35. The first-order valence-electron chi connectivity index (χ1n) is 8.00. The predicted molar refractivity (Wildman–Crippen MR) is 78.1 cm³/mol. The van der Waals surface area contributed by atoms with Gasteiger partial charge in [-0.1, -0.05) is 6.92 Å². The Bertz CT molecular complexity index is 277. The maximum Gasteiger partial charge on any atom is 0.236 e. The summed E-state index contributed by atoms with van der Waals surface area (Å²) in [5.74, 6) is 1.08. The molecule has 0 radical (unpaired) electrons. The highest BCUT2D eigenvalue weighted by atomic mass is 16.2. The van der Waals surface area contributed by atoms with E-state index >= 15 is 0 Å². The largest absolute Gasteiger partial charge is 0.342 e. The quantitative estimate of drug-likeness (QED) is 0.816. The molecule has 4 nitrogen and oxygen atoms in total. The lowest BCUT2D eigenvalue weighted by Crippen LogP contribution is -2.46. The molecule has 2 rings (SSSR count). The minimum absolute atomic E-state index is 0.351. The second-order valence-electron chi connectivity index (χ2n) is 5.99. The number of likely N-dealkylation sites (tertiary alicyclic amines) is 2. The van der Waals surface area contributed by atoms with Crippen LogP contribution in [-0.4, -0.2) is 61.5 Å². The van der Waals surface area contributed by atoms with Crippen LogP contribution in [0.15, 0.2) is 0 Å². The standard InChI is InChI=1S/C15H29N3O/c1-2-16-11-14-7-6-8-17(12-14)13-15(19)18-9-4-3-5-10-18/h14,16H,2-13H2,1H3. The minimum atomic E-state index is 0.351. The number of hydrogen-bond acceptors (Lipinski definition) is 3. The number of nitrogens with one attached hydrogen (secondary N) is 1. The van der Waals surface area contributed by atoms with E-state index in [1.807, 2.05) is 0 Å². The van der Waals surface area contributed by atoms with Gasteiger partial charge in [-0.3, -0.25) is 9.69 Å². The van der Waals surface area contributed by atoms with Crippen LogP contribution in [0.2, 0.25) is 0 Å². The summed E-state index contributed by atoms with van der Waals surface area (Å²) in [6.45, 7) is 9.09. The third kappa shape index (κ3) is 4.77. The molecule has 1 N–H and O–H groups in total. The van der Waals surface area contributed by atoms with Crippen LogP contribution in [0.25, 0.3) is 0 Å². The lowest BCUT2D eigenvalue weighted by atomic mass is 9.98. The smallest absolute Gasteiger partial charge is 0.236 e. The number of rotatable bonds is 5. The molecule has 2 aliphatic rings. The van der Waals surface area contributed by atoms with Crippen LogP contribution in [0.4, 0.5) is 0 Å². The molecule has 0 aromatic carbocycles. The SMILES string of the molecule is CCNCC1CCCN(CC(=O)N2CCCCC2)C1. The topological polar surface area (TPSA) is 35.6 Å². The highest BCUT2D eigenvalue weighted by molar-refractivity contribution is 5.78. The molecule has 0 aromatic heterocycles. The average molecular weight is 267 g/mol. The van der Waals surface area contributed by atoms with Crippen molar-refractivity contribution in [3.8, 4) is 0 Å². The van der Waals surface area contributed by atoms with Crippen LogP contribution in [0.3, 0.4) is 0 Å². The van der Waals surface area contributed by atoms with Gasteiger partial charge in [0.1, 0.15) is 0 Å². The number of nitrogens with zero attached hydrogens (tertiary/aromatic N) is 2. The molecule has 1 atom stereocenters. The van der Waals surface area contributed by atoms with Crippen LogP contribution in [0.5, 0.6) is 0 Å². The lowest BCUT2D eigenvalue weighted by Gasteiger charge is -2.34. The van der Waals surface area contributed by atoms with Gasteiger partial charge in [0.25, 0.3) is 0 Å². The summed E-state index contributed by atoms with van der Waals surface area (Å²) in [7, 11) is 0. The first kappa shape index (κ1) is 14.8. The van der Waals surface area contributed by atoms with E-state index in [1.165, 1.54) is 32.1 Å². The summed E-state index contributed by atoms with van der Waals surface area (Å²) in [6.07, 6.45) is 6.21. The Balaban J connectivity index is 1.73. The fraction of sp³-hybridized carbons (Fsp3) is 0.933. The molecular weight excluding hydrogens is 238 g/mol. The lowest BCUT2D eigenvalue weighted by molar-refractivity contribution is -0.133. The Morgan fingerprint density at radius 2 is 1.95 bits per heavy atom. The molecule has 2 fully saturated rings. The van der Waals surface area contributed by atoms with Crippen molar-refractivity contribution >= 4 is 5.91 Å². The Morgan fingerprint density at radius 1 is 1.16 bits per heavy atom. The molecule has 0 bridgehead atoms. The number of piperidine rings is 2. The van der Waals surface area contributed by atoms with Gasteiger partial charge in [-0.25, -0.2) is 0 Å². The van der Waals surface area contributed by atoms with Crippen LogP contribution in [0.1, 0.15) is 39.0 Å². The fourth-order valence-corrected chi connectivity index (χ4v) is 3.24. The van der Waals surface area contributed by atoms with E-state index in [4.69, 9.17) is 0 Å². The van der Waals surface area contributed by atoms with Crippen LogP contribution in [-0.2, 0) is 4.79 Å². The maximum atomic E-state index is 12.3. The Kier molecular flexibility index (Phi) is 6.11. The predicted octanol–water partition coefficient (Wildman–Crippen LogP) is 1.32. The molecule has 1 unspecified atom stereocenters. The Labute approximate surface area is 117 Å². The summed E-state index contributed by atoms with van der Waals surface area (Å²) in [5, 5.41) is 3.43. The monoisotopic (exact) mass is 267 g/mol. The second kappa shape index (κ2) is 7.85. The highest BCUT2D eigenvalue weighted by Crippen LogP contribution is 2.16. The molecule has 4 heteroatoms. The molecule has 0 spiro atoms. The molecule has 1 amide bonds. The van der Waals surface area contributed by atoms with Crippen molar-refractivity contribution in [2.24, 2.45) is 5.92 Å². The zero-order chi connectivity index (χ0) is 13.5. The minimum Gasteiger partial charge on any atom is -0.342 e. The molecule has 2 saturated heterocycles. The summed E-state index contributed by atoms with van der Waals surface area (Å²) >= 11 is 0. The van der Waals surface area contributed by atoms with Crippen molar-refractivity contribution in [2.45, 2.75) is 39.0 Å². The van der Waals surface area contributed by atoms with Gasteiger partial charge in [0, 0.05) is 19.6 Å². The summed E-state index contributed by atoms with van der Waals surface area (Å²) in [5.41, 5.74) is 0. The molecule has 0 saturated carbocycles. The van der Waals surface area contributed by atoms with Crippen molar-refractivity contribution in [2.75, 3.05) is 45.8 Å². The zero-order valence-electron chi connectivity index (χ0n) is 12.4. The maximum absolute atomic E-state index is 12.3. The van der Waals surface area contributed by atoms with Gasteiger partial charge in [-0.05, 0) is 57.7 Å². The molecule has 0 aromatic rings. The van der Waals surface area contributed by atoms with Gasteiger partial charge in [-0.2, -0.15) is 0 Å². The number of carbonyl (C=O) groups is 1. The van der Waals surface area contributed by atoms with Gasteiger partial charge in [-0.15, -0.1) is 0 Å². The first-order valence-corrected chi connectivity index (χ1v) is 8.00. The van der Waals surface area contributed by atoms with Crippen LogP contribution >= 0.6 is 0 Å². The number of hydrogen-bond donors (Lipinski definition) is 1. The Morgan fingerprint density at radius 3 is 2.68 bits per heavy atom. The third-order valence-corrected chi connectivity index (χ3v) is 4.35. The van der Waals surface area contributed by atoms with Crippen molar-refractivity contribution < 1.29 is 4.79 Å². The van der Waals surface area contributed by atoms with Gasteiger partial charge >= 0.3 is 0 Å². The summed E-state index contributed by atoms with van der Waals surface area (Å²) in [6, 6.07) is 0. The summed E-state index contributed by atoms with van der Waals surface area (Å²) in [4.78, 5) is 16.7. The van der Waals surface area contributed by atoms with Gasteiger partial charge in [0.15, 0.2) is 0 Å².